The van der Waals surface area contributed by atoms with Gasteiger partial charge in [-0.2, -0.15) is 0 Å². The molecule has 0 radical (unpaired) electrons. The van der Waals surface area contributed by atoms with E-state index in [1.807, 2.05) is 0 Å². The Balaban J connectivity index is 1.49. The Morgan fingerprint density at radius 1 is 1.06 bits per heavy atom. The summed E-state index contributed by atoms with van der Waals surface area (Å²) in [6, 6.07) is 11.4. The second kappa shape index (κ2) is 10.3. The van der Waals surface area contributed by atoms with E-state index in [2.05, 4.69) is 4.72 Å². The summed E-state index contributed by atoms with van der Waals surface area (Å²) in [7, 11) is -3.63. The smallest absolute Gasteiger partial charge is 0.409 e. The number of amides is 2. The van der Waals surface area contributed by atoms with E-state index >= 15 is 0 Å². The van der Waals surface area contributed by atoms with Gasteiger partial charge in [0, 0.05) is 32.3 Å². The van der Waals surface area contributed by atoms with Crippen molar-refractivity contribution in [2.24, 2.45) is 0 Å². The molecule has 0 atom stereocenters. The molecule has 2 amide bonds. The lowest BCUT2D eigenvalue weighted by Crippen LogP contribution is -2.50. The number of rotatable bonds is 7. The van der Waals surface area contributed by atoms with Gasteiger partial charge in [0.1, 0.15) is 11.5 Å². The van der Waals surface area contributed by atoms with Crippen LogP contribution in [-0.2, 0) is 26.1 Å². The lowest BCUT2D eigenvalue weighted by Gasteiger charge is -2.33. The highest BCUT2D eigenvalue weighted by molar-refractivity contribution is 7.89. The minimum atomic E-state index is -3.63. The van der Waals surface area contributed by atoms with Crippen LogP contribution in [-0.4, -0.2) is 63.0 Å². The minimum absolute atomic E-state index is 0.00513. The zero-order chi connectivity index (χ0) is 22.3. The molecule has 1 saturated heterocycles. The van der Waals surface area contributed by atoms with Crippen LogP contribution in [0.15, 0.2) is 57.9 Å². The topological polar surface area (TPSA) is 109 Å². The second-order valence-electron chi connectivity index (χ2n) is 6.79. The molecule has 1 aromatic carbocycles. The number of hydrogen-bond donors (Lipinski definition) is 1. The Kier molecular flexibility index (Phi) is 7.48. The highest BCUT2D eigenvalue weighted by Crippen LogP contribution is 2.13. The van der Waals surface area contributed by atoms with Gasteiger partial charge in [0.05, 0.1) is 18.0 Å². The van der Waals surface area contributed by atoms with E-state index in [9.17, 15) is 18.0 Å². The van der Waals surface area contributed by atoms with E-state index in [1.54, 1.807) is 47.1 Å². The molecular formula is C21H25N3O6S. The lowest BCUT2D eigenvalue weighted by atomic mass is 10.3. The van der Waals surface area contributed by atoms with Crippen molar-refractivity contribution in [3.63, 3.8) is 0 Å². The molecular weight excluding hydrogens is 422 g/mol. The molecule has 2 aromatic rings. The molecule has 0 bridgehead atoms. The maximum atomic E-state index is 12.4. The summed E-state index contributed by atoms with van der Waals surface area (Å²) in [5.41, 5.74) is 0. The fourth-order valence-electron chi connectivity index (χ4n) is 3.01. The predicted molar refractivity (Wildman–Crippen MR) is 113 cm³/mol. The number of nitrogens with zero attached hydrogens (tertiary/aromatic N) is 2. The number of hydrogen-bond acceptors (Lipinski definition) is 6. The maximum absolute atomic E-state index is 12.4. The Morgan fingerprint density at radius 3 is 2.42 bits per heavy atom. The van der Waals surface area contributed by atoms with E-state index in [-0.39, 0.29) is 23.4 Å². The average molecular weight is 448 g/mol. The Bertz CT molecular complexity index is 1020. The molecule has 0 unspecified atom stereocenters. The van der Waals surface area contributed by atoms with Crippen molar-refractivity contribution in [1.82, 2.24) is 14.5 Å². The van der Waals surface area contributed by atoms with Crippen molar-refractivity contribution in [3.8, 4) is 0 Å². The van der Waals surface area contributed by atoms with Gasteiger partial charge in [0.25, 0.3) is 0 Å². The predicted octanol–water partition coefficient (Wildman–Crippen LogP) is 2.07. The van der Waals surface area contributed by atoms with E-state index < -0.39 is 10.0 Å². The third-order valence-corrected chi connectivity index (χ3v) is 6.10. The van der Waals surface area contributed by atoms with Gasteiger partial charge in [-0.05, 0) is 37.3 Å². The summed E-state index contributed by atoms with van der Waals surface area (Å²) in [6.45, 7) is 3.75. The van der Waals surface area contributed by atoms with Crippen molar-refractivity contribution in [3.05, 3.63) is 60.1 Å². The first kappa shape index (κ1) is 22.6. The van der Waals surface area contributed by atoms with E-state index in [1.165, 1.54) is 24.3 Å². The summed E-state index contributed by atoms with van der Waals surface area (Å²) in [4.78, 5) is 27.5. The van der Waals surface area contributed by atoms with Gasteiger partial charge in [0.15, 0.2) is 0 Å². The van der Waals surface area contributed by atoms with Crippen molar-refractivity contribution in [2.45, 2.75) is 18.4 Å². The molecule has 3 rings (SSSR count). The van der Waals surface area contributed by atoms with Crippen LogP contribution in [0.1, 0.15) is 18.4 Å². The fraction of sp³-hybridized carbons (Fsp3) is 0.333. The van der Waals surface area contributed by atoms with Crippen LogP contribution in [0.2, 0.25) is 0 Å². The number of sulfonamides is 1. The van der Waals surface area contributed by atoms with Gasteiger partial charge in [-0.1, -0.05) is 18.2 Å². The Hall–Kier alpha value is -3.11. The van der Waals surface area contributed by atoms with Gasteiger partial charge in [0.2, 0.25) is 15.9 Å². The summed E-state index contributed by atoms with van der Waals surface area (Å²) in [6.07, 6.45) is 2.57. The monoisotopic (exact) mass is 447 g/mol. The van der Waals surface area contributed by atoms with Crippen LogP contribution in [0.25, 0.3) is 6.08 Å². The normalized spacial score (nSPS) is 14.7. The Morgan fingerprint density at radius 2 is 1.74 bits per heavy atom. The molecule has 166 valence electrons. The first-order valence-corrected chi connectivity index (χ1v) is 11.4. The van der Waals surface area contributed by atoms with Gasteiger partial charge in [-0.25, -0.2) is 17.9 Å². The van der Waals surface area contributed by atoms with Crippen molar-refractivity contribution < 1.29 is 27.2 Å². The van der Waals surface area contributed by atoms with Crippen molar-refractivity contribution in [1.29, 1.82) is 0 Å². The number of ether oxygens (including phenoxy) is 1. The lowest BCUT2D eigenvalue weighted by molar-refractivity contribution is -0.127. The van der Waals surface area contributed by atoms with Crippen molar-refractivity contribution in [2.75, 3.05) is 32.8 Å². The summed E-state index contributed by atoms with van der Waals surface area (Å²) < 4.78 is 37.5. The number of furan rings is 1. The van der Waals surface area contributed by atoms with Crippen LogP contribution in [0.5, 0.6) is 0 Å². The number of carbonyl (C=O) groups excluding carboxylic acids is 2. The third-order valence-electron chi connectivity index (χ3n) is 4.68. The molecule has 0 spiro atoms. The fourth-order valence-corrected chi connectivity index (χ4v) is 4.03. The highest BCUT2D eigenvalue weighted by Gasteiger charge is 2.23. The molecule has 1 fully saturated rings. The van der Waals surface area contributed by atoms with E-state index in [0.717, 1.165) is 0 Å². The van der Waals surface area contributed by atoms with Gasteiger partial charge in [-0.15, -0.1) is 0 Å². The molecule has 10 heteroatoms. The van der Waals surface area contributed by atoms with Crippen LogP contribution in [0, 0.1) is 0 Å². The van der Waals surface area contributed by atoms with E-state index in [4.69, 9.17) is 9.15 Å². The minimum Gasteiger partial charge on any atom is -0.460 e. The highest BCUT2D eigenvalue weighted by atomic mass is 32.2. The number of piperazine rings is 1. The van der Waals surface area contributed by atoms with Crippen LogP contribution >= 0.6 is 0 Å². The summed E-state index contributed by atoms with van der Waals surface area (Å²) in [5.74, 6) is 0.674. The Labute approximate surface area is 181 Å². The summed E-state index contributed by atoms with van der Waals surface area (Å²) in [5, 5.41) is 0. The molecule has 0 saturated carbocycles. The molecule has 9 nitrogen and oxygen atoms in total. The van der Waals surface area contributed by atoms with Crippen LogP contribution in [0.3, 0.4) is 0 Å². The molecule has 2 heterocycles. The molecule has 1 aliphatic heterocycles. The third kappa shape index (κ3) is 6.19. The largest absolute Gasteiger partial charge is 0.460 e. The first-order valence-electron chi connectivity index (χ1n) is 9.91. The number of nitrogens with one attached hydrogen (secondary N) is 1. The van der Waals surface area contributed by atoms with Crippen LogP contribution in [0.4, 0.5) is 4.79 Å². The van der Waals surface area contributed by atoms with Crippen LogP contribution < -0.4 is 4.72 Å². The van der Waals surface area contributed by atoms with E-state index in [0.29, 0.717) is 44.3 Å². The van der Waals surface area contributed by atoms with Gasteiger partial charge in [-0.3, -0.25) is 4.79 Å². The molecule has 0 aliphatic carbocycles. The molecule has 1 aliphatic rings. The SMILES string of the molecule is CCOC(=O)N1CCN(C(=O)/C=C/c2ccc(CNS(=O)(=O)c3ccccc3)o2)CC1. The first-order chi connectivity index (χ1) is 14.9. The zero-order valence-corrected chi connectivity index (χ0v) is 18.0. The number of carbonyl (C=O) groups is 2. The summed E-state index contributed by atoms with van der Waals surface area (Å²) >= 11 is 0. The molecule has 31 heavy (non-hydrogen) atoms. The molecule has 1 aromatic heterocycles. The van der Waals surface area contributed by atoms with Crippen molar-refractivity contribution >= 4 is 28.1 Å². The number of benzene rings is 1. The second-order valence-corrected chi connectivity index (χ2v) is 8.55. The average Bonchev–Trinajstić information content (AvgIpc) is 3.25. The quantitative estimate of drug-likeness (QED) is 0.651. The zero-order valence-electron chi connectivity index (χ0n) is 17.2. The standard InChI is InChI=1S/C21H25N3O6S/c1-2-29-21(26)24-14-12-23(13-15-24)20(25)11-10-17-8-9-18(30-17)16-22-31(27,28)19-6-4-3-5-7-19/h3-11,22H,2,12-16H2,1H3/b11-10+. The molecule has 1 N–H and O–H groups in total. The maximum Gasteiger partial charge on any atom is 0.409 e. The van der Waals surface area contributed by atoms with Gasteiger partial charge >= 0.3 is 6.09 Å². The van der Waals surface area contributed by atoms with Gasteiger partial charge < -0.3 is 19.0 Å².